The van der Waals surface area contributed by atoms with E-state index >= 15 is 0 Å². The van der Waals surface area contributed by atoms with E-state index in [4.69, 9.17) is 21.1 Å². The van der Waals surface area contributed by atoms with Gasteiger partial charge >= 0.3 is 0 Å². The van der Waals surface area contributed by atoms with Crippen LogP contribution in [0.4, 0.5) is 4.39 Å². The lowest BCUT2D eigenvalue weighted by molar-refractivity contribution is -0.138. The number of hydrogen-bond donors (Lipinski definition) is 1. The maximum atomic E-state index is 13.8. The Morgan fingerprint density at radius 2 is 2.31 bits per heavy atom. The summed E-state index contributed by atoms with van der Waals surface area (Å²) in [6.07, 6.45) is 1.21. The van der Waals surface area contributed by atoms with E-state index in [0.29, 0.717) is 30.6 Å². The second-order valence-electron chi connectivity index (χ2n) is 5.89. The van der Waals surface area contributed by atoms with Crippen molar-refractivity contribution in [1.82, 2.24) is 15.2 Å². The molecule has 3 rings (SSSR count). The van der Waals surface area contributed by atoms with Crippen LogP contribution in [-0.2, 0) is 16.1 Å². The summed E-state index contributed by atoms with van der Waals surface area (Å²) in [6, 6.07) is 7.74. The van der Waals surface area contributed by atoms with Crippen LogP contribution in [0.2, 0.25) is 5.02 Å². The molecule has 0 saturated carbocycles. The normalized spacial score (nSPS) is 17.7. The lowest BCUT2D eigenvalue weighted by Gasteiger charge is -2.31. The van der Waals surface area contributed by atoms with E-state index in [2.05, 4.69) is 15.2 Å². The van der Waals surface area contributed by atoms with Crippen molar-refractivity contribution in [2.24, 2.45) is 0 Å². The largest absolute Gasteiger partial charge is 0.436 e. The highest BCUT2D eigenvalue weighted by atomic mass is 35.5. The summed E-state index contributed by atoms with van der Waals surface area (Å²) in [6.45, 7) is 2.40. The molecular formula is C18H19ClFN3O3. The van der Waals surface area contributed by atoms with E-state index in [9.17, 15) is 9.18 Å². The molecule has 1 fully saturated rings. The van der Waals surface area contributed by atoms with Crippen molar-refractivity contribution in [3.63, 3.8) is 0 Å². The number of morpholine rings is 1. The SMILES string of the molecule is CNC(=O)[C@@H]1CN(Cc2ccc(Oc3ccc(Cl)cc3F)nc2)CCO1. The Bertz CT molecular complexity index is 773. The molecule has 1 aliphatic heterocycles. The van der Waals surface area contributed by atoms with Crippen LogP contribution in [0, 0.1) is 5.82 Å². The lowest BCUT2D eigenvalue weighted by atomic mass is 10.2. The first-order chi connectivity index (χ1) is 12.5. The molecule has 8 heteroatoms. The number of benzene rings is 1. The number of nitrogens with zero attached hydrogens (tertiary/aromatic N) is 2. The number of aromatic nitrogens is 1. The molecule has 2 heterocycles. The molecule has 1 aromatic heterocycles. The molecule has 1 amide bonds. The van der Waals surface area contributed by atoms with E-state index < -0.39 is 11.9 Å². The number of carbonyl (C=O) groups is 1. The number of amides is 1. The third-order valence-corrected chi connectivity index (χ3v) is 4.24. The van der Waals surface area contributed by atoms with Gasteiger partial charge in [0.25, 0.3) is 0 Å². The van der Waals surface area contributed by atoms with Crippen molar-refractivity contribution in [2.75, 3.05) is 26.7 Å². The highest BCUT2D eigenvalue weighted by Crippen LogP contribution is 2.25. The zero-order valence-corrected chi connectivity index (χ0v) is 15.0. The Kier molecular flexibility index (Phi) is 6.03. The highest BCUT2D eigenvalue weighted by Gasteiger charge is 2.25. The van der Waals surface area contributed by atoms with Gasteiger partial charge in [0.1, 0.15) is 6.10 Å². The van der Waals surface area contributed by atoms with Crippen LogP contribution >= 0.6 is 11.6 Å². The predicted molar refractivity (Wildman–Crippen MR) is 94.8 cm³/mol. The monoisotopic (exact) mass is 379 g/mol. The Balaban J connectivity index is 1.60. The summed E-state index contributed by atoms with van der Waals surface area (Å²) in [5, 5.41) is 2.90. The van der Waals surface area contributed by atoms with Gasteiger partial charge in [-0.25, -0.2) is 9.37 Å². The van der Waals surface area contributed by atoms with Crippen LogP contribution in [-0.4, -0.2) is 48.6 Å². The van der Waals surface area contributed by atoms with E-state index in [-0.39, 0.29) is 11.7 Å². The molecule has 1 aromatic carbocycles. The Morgan fingerprint density at radius 1 is 1.46 bits per heavy atom. The molecule has 0 aliphatic carbocycles. The average Bonchev–Trinajstić information content (AvgIpc) is 2.65. The zero-order chi connectivity index (χ0) is 18.5. The first-order valence-electron chi connectivity index (χ1n) is 8.18. The number of pyridine rings is 1. The van der Waals surface area contributed by atoms with Gasteiger partial charge in [0.15, 0.2) is 11.6 Å². The minimum absolute atomic E-state index is 0.0660. The minimum atomic E-state index is -0.545. The molecule has 26 heavy (non-hydrogen) atoms. The quantitative estimate of drug-likeness (QED) is 0.865. The summed E-state index contributed by atoms with van der Waals surface area (Å²) in [4.78, 5) is 18.0. The highest BCUT2D eigenvalue weighted by molar-refractivity contribution is 6.30. The van der Waals surface area contributed by atoms with Gasteiger partial charge in [0.2, 0.25) is 11.8 Å². The molecule has 0 bridgehead atoms. The minimum Gasteiger partial charge on any atom is -0.436 e. The smallest absolute Gasteiger partial charge is 0.250 e. The van der Waals surface area contributed by atoms with Gasteiger partial charge in [-0.3, -0.25) is 9.69 Å². The number of halogens is 2. The van der Waals surface area contributed by atoms with E-state index in [1.807, 2.05) is 6.07 Å². The predicted octanol–water partition coefficient (Wildman–Crippen LogP) is 2.61. The fraction of sp³-hybridized carbons (Fsp3) is 0.333. The van der Waals surface area contributed by atoms with Gasteiger partial charge in [-0.05, 0) is 23.8 Å². The number of hydrogen-bond acceptors (Lipinski definition) is 5. The first-order valence-corrected chi connectivity index (χ1v) is 8.56. The molecule has 2 aromatic rings. The Morgan fingerprint density at radius 3 is 3.00 bits per heavy atom. The number of rotatable bonds is 5. The van der Waals surface area contributed by atoms with Gasteiger partial charge in [-0.2, -0.15) is 0 Å². The molecule has 1 N–H and O–H groups in total. The van der Waals surface area contributed by atoms with Crippen molar-refractivity contribution >= 4 is 17.5 Å². The Labute approximate surface area is 155 Å². The van der Waals surface area contributed by atoms with Crippen molar-refractivity contribution in [3.8, 4) is 11.6 Å². The van der Waals surface area contributed by atoms with Crippen LogP contribution in [0.15, 0.2) is 36.5 Å². The van der Waals surface area contributed by atoms with Gasteiger partial charge in [-0.1, -0.05) is 17.7 Å². The summed E-state index contributed by atoms with van der Waals surface area (Å²) in [5.41, 5.74) is 0.964. The number of carbonyl (C=O) groups excluding carboxylic acids is 1. The average molecular weight is 380 g/mol. The van der Waals surface area contributed by atoms with Crippen LogP contribution in [0.25, 0.3) is 0 Å². The summed E-state index contributed by atoms with van der Waals surface area (Å²) < 4.78 is 24.7. The number of nitrogens with one attached hydrogen (secondary N) is 1. The standard InChI is InChI=1S/C18H19ClFN3O3/c1-21-18(24)16-11-23(6-7-25-16)10-12-2-5-17(22-9-12)26-15-4-3-13(19)8-14(15)20/h2-5,8-9,16H,6-7,10-11H2,1H3,(H,21,24)/t16-/m0/s1. The first kappa shape index (κ1) is 18.6. The van der Waals surface area contributed by atoms with Crippen LogP contribution < -0.4 is 10.1 Å². The van der Waals surface area contributed by atoms with Crippen LogP contribution in [0.3, 0.4) is 0 Å². The van der Waals surface area contributed by atoms with Gasteiger partial charge in [0.05, 0.1) is 6.61 Å². The fourth-order valence-electron chi connectivity index (χ4n) is 2.66. The summed E-state index contributed by atoms with van der Waals surface area (Å²) in [7, 11) is 1.59. The van der Waals surface area contributed by atoms with Crippen LogP contribution in [0.5, 0.6) is 11.6 Å². The number of likely N-dealkylation sites (N-methyl/N-ethyl adjacent to an activating group) is 1. The molecule has 1 aliphatic rings. The topological polar surface area (TPSA) is 63.7 Å². The van der Waals surface area contributed by atoms with Crippen molar-refractivity contribution in [2.45, 2.75) is 12.6 Å². The number of ether oxygens (including phenoxy) is 2. The molecule has 0 radical (unpaired) electrons. The maximum absolute atomic E-state index is 13.8. The molecule has 0 spiro atoms. The summed E-state index contributed by atoms with van der Waals surface area (Å²) in [5.74, 6) is -0.310. The van der Waals surface area contributed by atoms with E-state index in [0.717, 1.165) is 12.1 Å². The second kappa shape index (κ2) is 8.44. The van der Waals surface area contributed by atoms with Crippen LogP contribution in [0.1, 0.15) is 5.56 Å². The van der Waals surface area contributed by atoms with Crippen molar-refractivity contribution in [1.29, 1.82) is 0 Å². The molecule has 138 valence electrons. The van der Waals surface area contributed by atoms with Gasteiger partial charge in [0, 0.05) is 44.0 Å². The lowest BCUT2D eigenvalue weighted by Crippen LogP contribution is -2.48. The van der Waals surface area contributed by atoms with Gasteiger partial charge < -0.3 is 14.8 Å². The van der Waals surface area contributed by atoms with Crippen molar-refractivity contribution < 1.29 is 18.7 Å². The maximum Gasteiger partial charge on any atom is 0.250 e. The molecular weight excluding hydrogens is 361 g/mol. The fourth-order valence-corrected chi connectivity index (χ4v) is 2.82. The van der Waals surface area contributed by atoms with E-state index in [1.165, 1.54) is 12.1 Å². The zero-order valence-electron chi connectivity index (χ0n) is 14.2. The third kappa shape index (κ3) is 4.69. The Hall–Kier alpha value is -2.22. The van der Waals surface area contributed by atoms with E-state index in [1.54, 1.807) is 25.4 Å². The molecule has 0 unspecified atom stereocenters. The molecule has 1 saturated heterocycles. The summed E-state index contributed by atoms with van der Waals surface area (Å²) >= 11 is 5.72. The second-order valence-corrected chi connectivity index (χ2v) is 6.33. The third-order valence-electron chi connectivity index (χ3n) is 4.00. The molecule has 6 nitrogen and oxygen atoms in total. The molecule has 1 atom stereocenters. The van der Waals surface area contributed by atoms with Crippen molar-refractivity contribution in [3.05, 3.63) is 52.9 Å². The van der Waals surface area contributed by atoms with Gasteiger partial charge in [-0.15, -0.1) is 0 Å².